The van der Waals surface area contributed by atoms with Crippen molar-refractivity contribution < 1.29 is 13.6 Å². The fourth-order valence-corrected chi connectivity index (χ4v) is 2.84. The van der Waals surface area contributed by atoms with E-state index in [1.54, 1.807) is 42.5 Å². The molecule has 0 aliphatic carbocycles. The quantitative estimate of drug-likeness (QED) is 0.618. The average Bonchev–Trinajstić information content (AvgIpc) is 3.01. The predicted molar refractivity (Wildman–Crippen MR) is 101 cm³/mol. The first-order valence-corrected chi connectivity index (χ1v) is 8.33. The van der Waals surface area contributed by atoms with E-state index < -0.39 is 0 Å². The third kappa shape index (κ3) is 3.40. The molecule has 5 heteroatoms. The standard InChI is InChI=1S/C22H14F2N2O/c23-17-10-6-15(7-11-17)14-20-22(27)26(19-4-2-1-3-5-19)21(25-20)16-8-12-18(24)13-9-16/h1-14H/b20-14+. The van der Waals surface area contributed by atoms with Crippen LogP contribution in [0.2, 0.25) is 0 Å². The molecule has 3 nitrogen and oxygen atoms in total. The third-order valence-electron chi connectivity index (χ3n) is 4.15. The van der Waals surface area contributed by atoms with E-state index in [1.165, 1.54) is 29.2 Å². The second kappa shape index (κ2) is 6.96. The zero-order valence-corrected chi connectivity index (χ0v) is 14.1. The van der Waals surface area contributed by atoms with E-state index >= 15 is 0 Å². The zero-order valence-electron chi connectivity index (χ0n) is 14.1. The second-order valence-electron chi connectivity index (χ2n) is 6.00. The summed E-state index contributed by atoms with van der Waals surface area (Å²) in [6.45, 7) is 0. The van der Waals surface area contributed by atoms with Crippen molar-refractivity contribution in [1.82, 2.24) is 0 Å². The Labute approximate surface area is 154 Å². The molecule has 27 heavy (non-hydrogen) atoms. The predicted octanol–water partition coefficient (Wildman–Crippen LogP) is 4.80. The number of amidine groups is 1. The van der Waals surface area contributed by atoms with Crippen molar-refractivity contribution in [3.8, 4) is 0 Å². The molecule has 0 unspecified atom stereocenters. The number of nitrogens with zero attached hydrogens (tertiary/aromatic N) is 2. The lowest BCUT2D eigenvalue weighted by Crippen LogP contribution is -2.32. The summed E-state index contributed by atoms with van der Waals surface area (Å²) in [7, 11) is 0. The Morgan fingerprint density at radius 2 is 1.37 bits per heavy atom. The van der Waals surface area contributed by atoms with E-state index in [-0.39, 0.29) is 23.2 Å². The van der Waals surface area contributed by atoms with Gasteiger partial charge in [-0.1, -0.05) is 30.3 Å². The lowest BCUT2D eigenvalue weighted by atomic mass is 10.1. The molecule has 0 fully saturated rings. The molecule has 0 N–H and O–H groups in total. The second-order valence-corrected chi connectivity index (χ2v) is 6.00. The number of carbonyl (C=O) groups excluding carboxylic acids is 1. The molecule has 0 spiro atoms. The van der Waals surface area contributed by atoms with Crippen LogP contribution in [-0.2, 0) is 4.79 Å². The minimum atomic E-state index is -0.364. The molecule has 3 aromatic rings. The molecule has 1 aliphatic rings. The molecule has 0 saturated carbocycles. The number of benzene rings is 3. The SMILES string of the molecule is O=C1/C(=C\c2ccc(F)cc2)N=C(c2ccc(F)cc2)N1c1ccccc1. The number of aliphatic imine (C=N–C) groups is 1. The minimum absolute atomic E-state index is 0.227. The van der Waals surface area contributed by atoms with Gasteiger partial charge < -0.3 is 0 Å². The van der Waals surface area contributed by atoms with Crippen LogP contribution in [0.4, 0.5) is 14.5 Å². The maximum Gasteiger partial charge on any atom is 0.282 e. The molecule has 1 aliphatic heterocycles. The van der Waals surface area contributed by atoms with Crippen molar-refractivity contribution in [3.63, 3.8) is 0 Å². The number of amides is 1. The monoisotopic (exact) mass is 360 g/mol. The number of halogens is 2. The van der Waals surface area contributed by atoms with Gasteiger partial charge in [0.25, 0.3) is 5.91 Å². The van der Waals surface area contributed by atoms with Gasteiger partial charge in [-0.25, -0.2) is 13.8 Å². The molecule has 0 aromatic heterocycles. The van der Waals surface area contributed by atoms with Gasteiger partial charge in [0.1, 0.15) is 23.2 Å². The minimum Gasteiger partial charge on any atom is -0.266 e. The van der Waals surface area contributed by atoms with E-state index in [9.17, 15) is 13.6 Å². The lowest BCUT2D eigenvalue weighted by molar-refractivity contribution is -0.113. The topological polar surface area (TPSA) is 32.7 Å². The number of rotatable bonds is 3. The molecule has 0 bridgehead atoms. The summed E-state index contributed by atoms with van der Waals surface area (Å²) in [4.78, 5) is 19.0. The molecule has 132 valence electrons. The Hall–Kier alpha value is -3.60. The van der Waals surface area contributed by atoms with Crippen LogP contribution in [0.25, 0.3) is 6.08 Å². The smallest absolute Gasteiger partial charge is 0.266 e. The first-order valence-electron chi connectivity index (χ1n) is 8.33. The van der Waals surface area contributed by atoms with Gasteiger partial charge in [0.15, 0.2) is 0 Å². The van der Waals surface area contributed by atoms with Gasteiger partial charge in [-0.05, 0) is 60.2 Å². The van der Waals surface area contributed by atoms with E-state index in [2.05, 4.69) is 4.99 Å². The normalized spacial score (nSPS) is 15.3. The number of hydrogen-bond donors (Lipinski definition) is 0. The largest absolute Gasteiger partial charge is 0.282 e. The van der Waals surface area contributed by atoms with E-state index in [4.69, 9.17) is 0 Å². The average molecular weight is 360 g/mol. The van der Waals surface area contributed by atoms with Gasteiger partial charge in [0, 0.05) is 5.56 Å². The summed E-state index contributed by atoms with van der Waals surface area (Å²) in [5, 5.41) is 0. The first kappa shape index (κ1) is 16.8. The van der Waals surface area contributed by atoms with Crippen LogP contribution in [0.5, 0.6) is 0 Å². The summed E-state index contributed by atoms with van der Waals surface area (Å²) < 4.78 is 26.4. The first-order chi connectivity index (χ1) is 13.1. The van der Waals surface area contributed by atoms with Gasteiger partial charge in [-0.3, -0.25) is 9.69 Å². The van der Waals surface area contributed by atoms with Crippen LogP contribution in [0, 0.1) is 11.6 Å². The van der Waals surface area contributed by atoms with Crippen molar-refractivity contribution in [2.75, 3.05) is 4.90 Å². The fraction of sp³-hybridized carbons (Fsp3) is 0. The number of carbonyl (C=O) groups is 1. The highest BCUT2D eigenvalue weighted by Crippen LogP contribution is 2.27. The molecule has 3 aromatic carbocycles. The molecule has 0 radical (unpaired) electrons. The Morgan fingerprint density at radius 3 is 2.00 bits per heavy atom. The van der Waals surface area contributed by atoms with Crippen molar-refractivity contribution >= 4 is 23.5 Å². The summed E-state index contributed by atoms with van der Waals surface area (Å²) in [6.07, 6.45) is 1.61. The fourth-order valence-electron chi connectivity index (χ4n) is 2.84. The highest BCUT2D eigenvalue weighted by molar-refractivity contribution is 6.33. The van der Waals surface area contributed by atoms with Crippen molar-refractivity contribution in [2.45, 2.75) is 0 Å². The number of hydrogen-bond acceptors (Lipinski definition) is 2. The molecule has 0 saturated heterocycles. The molecular formula is C22H14F2N2O. The third-order valence-corrected chi connectivity index (χ3v) is 4.15. The highest BCUT2D eigenvalue weighted by atomic mass is 19.1. The number of para-hydroxylation sites is 1. The maximum absolute atomic E-state index is 13.3. The van der Waals surface area contributed by atoms with Gasteiger partial charge in [-0.2, -0.15) is 0 Å². The molecule has 1 heterocycles. The van der Waals surface area contributed by atoms with Gasteiger partial charge in [0.2, 0.25) is 0 Å². The van der Waals surface area contributed by atoms with Crippen LogP contribution < -0.4 is 4.90 Å². The van der Waals surface area contributed by atoms with E-state index in [1.807, 2.05) is 18.2 Å². The van der Waals surface area contributed by atoms with Crippen LogP contribution in [0.1, 0.15) is 11.1 Å². The van der Waals surface area contributed by atoms with Gasteiger partial charge in [0.05, 0.1) is 5.69 Å². The van der Waals surface area contributed by atoms with E-state index in [0.717, 1.165) is 0 Å². The van der Waals surface area contributed by atoms with Crippen LogP contribution in [0.3, 0.4) is 0 Å². The Bertz CT molecular complexity index is 1040. The summed E-state index contributed by atoms with van der Waals surface area (Å²) in [5.41, 5.74) is 2.17. The molecular weight excluding hydrogens is 346 g/mol. The van der Waals surface area contributed by atoms with Crippen LogP contribution in [-0.4, -0.2) is 11.7 Å². The Morgan fingerprint density at radius 1 is 0.778 bits per heavy atom. The summed E-state index contributed by atoms with van der Waals surface area (Å²) in [5.74, 6) is -0.599. The Kier molecular flexibility index (Phi) is 4.34. The van der Waals surface area contributed by atoms with E-state index in [0.29, 0.717) is 22.6 Å². The summed E-state index contributed by atoms with van der Waals surface area (Å²) >= 11 is 0. The highest BCUT2D eigenvalue weighted by Gasteiger charge is 2.32. The van der Waals surface area contributed by atoms with Crippen molar-refractivity contribution in [1.29, 1.82) is 0 Å². The summed E-state index contributed by atoms with van der Waals surface area (Å²) in [6, 6.07) is 20.7. The van der Waals surface area contributed by atoms with Gasteiger partial charge in [-0.15, -0.1) is 0 Å². The van der Waals surface area contributed by atoms with Crippen LogP contribution >= 0.6 is 0 Å². The Balaban J connectivity index is 1.81. The van der Waals surface area contributed by atoms with Crippen molar-refractivity contribution in [3.05, 3.63) is 107 Å². The van der Waals surface area contributed by atoms with Gasteiger partial charge >= 0.3 is 0 Å². The number of anilines is 1. The maximum atomic E-state index is 13.3. The van der Waals surface area contributed by atoms with Crippen molar-refractivity contribution in [2.24, 2.45) is 4.99 Å². The molecule has 1 amide bonds. The lowest BCUT2D eigenvalue weighted by Gasteiger charge is -2.18. The molecule has 4 rings (SSSR count). The zero-order chi connectivity index (χ0) is 18.8. The molecule has 0 atom stereocenters. The van der Waals surface area contributed by atoms with Crippen LogP contribution in [0.15, 0.2) is 89.6 Å².